The average Bonchev–Trinajstić information content (AvgIpc) is 2.78. The fourth-order valence-electron chi connectivity index (χ4n) is 4.12. The molecule has 1 aliphatic carbocycles. The van der Waals surface area contributed by atoms with Gasteiger partial charge in [-0.05, 0) is 51.0 Å². The van der Waals surface area contributed by atoms with E-state index in [9.17, 15) is 5.11 Å². The number of hydrogen-bond acceptors (Lipinski definition) is 3. The third kappa shape index (κ3) is 2.25. The minimum Gasteiger partial charge on any atom is -0.388 e. The van der Waals surface area contributed by atoms with Crippen molar-refractivity contribution < 1.29 is 9.84 Å². The Balaban J connectivity index is 1.70. The first-order valence-corrected chi connectivity index (χ1v) is 7.30. The lowest BCUT2D eigenvalue weighted by molar-refractivity contribution is -0.145. The number of nitrogens with one attached hydrogen (secondary N) is 1. The van der Waals surface area contributed by atoms with Crippen LogP contribution in [0.1, 0.15) is 51.4 Å². The van der Waals surface area contributed by atoms with E-state index in [1.165, 1.54) is 25.7 Å². The third-order valence-electron chi connectivity index (χ3n) is 5.16. The second-order valence-corrected chi connectivity index (χ2v) is 6.31. The molecule has 0 aromatic rings. The minimum atomic E-state index is -0.461. The molecule has 2 atom stereocenters. The van der Waals surface area contributed by atoms with Gasteiger partial charge in [-0.2, -0.15) is 0 Å². The minimum absolute atomic E-state index is 0.135. The average molecular weight is 239 g/mol. The largest absolute Gasteiger partial charge is 0.388 e. The van der Waals surface area contributed by atoms with E-state index in [1.54, 1.807) is 0 Å². The van der Waals surface area contributed by atoms with Crippen molar-refractivity contribution in [1.82, 2.24) is 5.32 Å². The monoisotopic (exact) mass is 239 g/mol. The highest BCUT2D eigenvalue weighted by Crippen LogP contribution is 2.45. The Labute approximate surface area is 104 Å². The fourth-order valence-corrected chi connectivity index (χ4v) is 4.12. The number of rotatable bonds is 1. The molecule has 1 saturated carbocycles. The lowest BCUT2D eigenvalue weighted by Gasteiger charge is -2.47. The van der Waals surface area contributed by atoms with E-state index < -0.39 is 5.60 Å². The van der Waals surface area contributed by atoms with Crippen LogP contribution in [0.4, 0.5) is 0 Å². The van der Waals surface area contributed by atoms with Crippen molar-refractivity contribution in [3.05, 3.63) is 0 Å². The fraction of sp³-hybridized carbons (Fsp3) is 1.00. The SMILES string of the molecule is OC1(C2CCOC3(CCCC3)C2)CCCNC1. The van der Waals surface area contributed by atoms with Gasteiger partial charge in [0.2, 0.25) is 0 Å². The van der Waals surface area contributed by atoms with Gasteiger partial charge in [0.15, 0.2) is 0 Å². The molecule has 1 spiro atoms. The summed E-state index contributed by atoms with van der Waals surface area (Å²) in [5.74, 6) is 0.446. The Bertz CT molecular complexity index is 267. The van der Waals surface area contributed by atoms with Crippen molar-refractivity contribution in [2.45, 2.75) is 62.6 Å². The molecule has 0 bridgehead atoms. The molecule has 2 heterocycles. The lowest BCUT2D eigenvalue weighted by Crippen LogP contribution is -2.54. The maximum Gasteiger partial charge on any atom is 0.0801 e. The first-order chi connectivity index (χ1) is 8.23. The zero-order valence-electron chi connectivity index (χ0n) is 10.7. The summed E-state index contributed by atoms with van der Waals surface area (Å²) >= 11 is 0. The first kappa shape index (κ1) is 11.9. The molecule has 3 fully saturated rings. The van der Waals surface area contributed by atoms with Crippen LogP contribution in [0.3, 0.4) is 0 Å². The predicted octanol–water partition coefficient (Wildman–Crippen LogP) is 1.84. The second-order valence-electron chi connectivity index (χ2n) is 6.31. The van der Waals surface area contributed by atoms with Crippen LogP contribution in [0.5, 0.6) is 0 Å². The summed E-state index contributed by atoms with van der Waals surface area (Å²) in [5.41, 5.74) is -0.326. The van der Waals surface area contributed by atoms with Crippen molar-refractivity contribution in [2.75, 3.05) is 19.7 Å². The van der Waals surface area contributed by atoms with Gasteiger partial charge in [-0.3, -0.25) is 0 Å². The standard InChI is InChI=1S/C14H25NO2/c16-14(7-3-8-15-11-14)12-4-9-17-13(10-12)5-1-2-6-13/h12,15-16H,1-11H2. The van der Waals surface area contributed by atoms with Crippen LogP contribution in [0.15, 0.2) is 0 Å². The third-order valence-corrected chi connectivity index (χ3v) is 5.16. The number of piperidine rings is 1. The van der Waals surface area contributed by atoms with Crippen LogP contribution in [0, 0.1) is 5.92 Å². The van der Waals surface area contributed by atoms with E-state index in [0.29, 0.717) is 5.92 Å². The van der Waals surface area contributed by atoms with Crippen molar-refractivity contribution in [1.29, 1.82) is 0 Å². The molecule has 0 amide bonds. The van der Waals surface area contributed by atoms with Gasteiger partial charge in [-0.15, -0.1) is 0 Å². The molecule has 98 valence electrons. The van der Waals surface area contributed by atoms with E-state index >= 15 is 0 Å². The van der Waals surface area contributed by atoms with Crippen LogP contribution < -0.4 is 5.32 Å². The Morgan fingerprint density at radius 1 is 1.12 bits per heavy atom. The van der Waals surface area contributed by atoms with E-state index in [4.69, 9.17) is 4.74 Å². The summed E-state index contributed by atoms with van der Waals surface area (Å²) < 4.78 is 6.06. The van der Waals surface area contributed by atoms with Gasteiger partial charge < -0.3 is 15.2 Å². The smallest absolute Gasteiger partial charge is 0.0801 e. The molecule has 0 radical (unpaired) electrons. The summed E-state index contributed by atoms with van der Waals surface area (Å²) in [6, 6.07) is 0. The zero-order chi connectivity index (χ0) is 11.8. The van der Waals surface area contributed by atoms with Crippen LogP contribution in [-0.2, 0) is 4.74 Å². The highest BCUT2D eigenvalue weighted by atomic mass is 16.5. The number of aliphatic hydroxyl groups is 1. The van der Waals surface area contributed by atoms with Gasteiger partial charge in [-0.25, -0.2) is 0 Å². The number of hydrogen-bond donors (Lipinski definition) is 2. The molecule has 17 heavy (non-hydrogen) atoms. The molecule has 2 aliphatic heterocycles. The summed E-state index contributed by atoms with van der Waals surface area (Å²) in [4.78, 5) is 0. The topological polar surface area (TPSA) is 41.5 Å². The highest BCUT2D eigenvalue weighted by molar-refractivity contribution is 4.99. The first-order valence-electron chi connectivity index (χ1n) is 7.30. The Morgan fingerprint density at radius 3 is 2.65 bits per heavy atom. The van der Waals surface area contributed by atoms with Gasteiger partial charge in [-0.1, -0.05) is 12.8 Å². The molecule has 2 unspecified atom stereocenters. The van der Waals surface area contributed by atoms with E-state index in [1.807, 2.05) is 0 Å². The molecule has 3 rings (SSSR count). The lowest BCUT2D eigenvalue weighted by atomic mass is 9.72. The Hall–Kier alpha value is -0.120. The molecule has 3 nitrogen and oxygen atoms in total. The van der Waals surface area contributed by atoms with Crippen LogP contribution in [0.2, 0.25) is 0 Å². The molecule has 2 N–H and O–H groups in total. The molecule has 3 aliphatic rings. The molecular weight excluding hydrogens is 214 g/mol. The quantitative estimate of drug-likeness (QED) is 0.733. The summed E-state index contributed by atoms with van der Waals surface area (Å²) in [6.45, 7) is 2.71. The van der Waals surface area contributed by atoms with Crippen molar-refractivity contribution in [2.24, 2.45) is 5.92 Å². The number of β-amino-alcohol motifs (C(OH)–C–C–N with tert-alkyl or cyclic N) is 1. The highest BCUT2D eigenvalue weighted by Gasteiger charge is 2.47. The van der Waals surface area contributed by atoms with Crippen molar-refractivity contribution in [3.63, 3.8) is 0 Å². The van der Waals surface area contributed by atoms with E-state index in [2.05, 4.69) is 5.32 Å². The van der Waals surface area contributed by atoms with Crippen LogP contribution >= 0.6 is 0 Å². The molecule has 0 aromatic heterocycles. The second kappa shape index (κ2) is 4.52. The Morgan fingerprint density at radius 2 is 1.94 bits per heavy atom. The maximum atomic E-state index is 10.8. The summed E-state index contributed by atoms with van der Waals surface area (Å²) in [7, 11) is 0. The van der Waals surface area contributed by atoms with E-state index in [0.717, 1.165) is 45.4 Å². The Kier molecular flexibility index (Phi) is 3.18. The van der Waals surface area contributed by atoms with Gasteiger partial charge in [0.1, 0.15) is 0 Å². The molecule has 2 saturated heterocycles. The van der Waals surface area contributed by atoms with Gasteiger partial charge in [0, 0.05) is 13.2 Å². The van der Waals surface area contributed by atoms with Crippen LogP contribution in [0.25, 0.3) is 0 Å². The molecule has 3 heteroatoms. The summed E-state index contributed by atoms with van der Waals surface area (Å²) in [6.07, 6.45) is 9.26. The summed E-state index contributed by atoms with van der Waals surface area (Å²) in [5, 5.41) is 14.2. The van der Waals surface area contributed by atoms with Gasteiger partial charge >= 0.3 is 0 Å². The number of ether oxygens (including phenoxy) is 1. The predicted molar refractivity (Wildman–Crippen MR) is 66.9 cm³/mol. The van der Waals surface area contributed by atoms with E-state index in [-0.39, 0.29) is 5.60 Å². The van der Waals surface area contributed by atoms with Crippen molar-refractivity contribution in [3.8, 4) is 0 Å². The van der Waals surface area contributed by atoms with Gasteiger partial charge in [0.25, 0.3) is 0 Å². The molecule has 0 aromatic carbocycles. The molecular formula is C14H25NO2. The maximum absolute atomic E-state index is 10.8. The zero-order valence-corrected chi connectivity index (χ0v) is 10.7. The van der Waals surface area contributed by atoms with Gasteiger partial charge in [0.05, 0.1) is 11.2 Å². The van der Waals surface area contributed by atoms with Crippen LogP contribution in [-0.4, -0.2) is 36.0 Å². The van der Waals surface area contributed by atoms with Crippen molar-refractivity contribution >= 4 is 0 Å². The normalized spacial score (nSPS) is 41.8.